The Kier molecular flexibility index (Phi) is 5.57. The lowest BCUT2D eigenvalue weighted by molar-refractivity contribution is 0.0794. The Morgan fingerprint density at radius 2 is 2.24 bits per heavy atom. The number of methoxy groups -OCH3 is 1. The normalized spacial score (nSPS) is 16.6. The molecule has 1 fully saturated rings. The molecule has 1 saturated heterocycles. The predicted octanol–water partition coefficient (Wildman–Crippen LogP) is 2.68. The smallest absolute Gasteiger partial charge is 0.276 e. The van der Waals surface area contributed by atoms with Crippen LogP contribution in [0.1, 0.15) is 41.9 Å². The molecule has 1 N–H and O–H groups in total. The minimum absolute atomic E-state index is 0.204. The molecule has 0 aliphatic carbocycles. The summed E-state index contributed by atoms with van der Waals surface area (Å²) in [6.07, 6.45) is 7.19. The monoisotopic (exact) mass is 397 g/mol. The Morgan fingerprint density at radius 1 is 1.34 bits per heavy atom. The quantitative estimate of drug-likeness (QED) is 0.682. The number of amides is 1. The molecule has 9 heteroatoms. The Labute approximate surface area is 168 Å². The summed E-state index contributed by atoms with van der Waals surface area (Å²) in [6, 6.07) is 3.43. The number of nitrogens with zero attached hydrogens (tertiary/aromatic N) is 4. The van der Waals surface area contributed by atoms with Gasteiger partial charge in [0.25, 0.3) is 11.8 Å². The van der Waals surface area contributed by atoms with Gasteiger partial charge in [-0.05, 0) is 31.9 Å². The standard InChI is InChI=1S/C20H23N5O4/c1-3-29-20-17-22-15(13-6-5-9-28-12-13)10-25(17)11-16(24-20)18(26)23-14-7-4-8-21-19(14)27-2/h4,7-8,10-11,13H,3,5-6,9,12H2,1-2H3,(H,23,26). The van der Waals surface area contributed by atoms with Crippen LogP contribution in [-0.2, 0) is 4.74 Å². The van der Waals surface area contributed by atoms with Crippen LogP contribution in [0.25, 0.3) is 5.65 Å². The molecule has 1 aliphatic heterocycles. The number of fused-ring (bicyclic) bond motifs is 1. The molecule has 0 aromatic carbocycles. The van der Waals surface area contributed by atoms with Crippen LogP contribution in [0.5, 0.6) is 11.8 Å². The first-order valence-electron chi connectivity index (χ1n) is 9.60. The fourth-order valence-electron chi connectivity index (χ4n) is 3.34. The number of carbonyl (C=O) groups excluding carboxylic acids is 1. The summed E-state index contributed by atoms with van der Waals surface area (Å²) in [5.74, 6) is 0.487. The third kappa shape index (κ3) is 4.00. The number of aromatic nitrogens is 4. The van der Waals surface area contributed by atoms with E-state index in [9.17, 15) is 4.79 Å². The highest BCUT2D eigenvalue weighted by atomic mass is 16.5. The molecular weight excluding hydrogens is 374 g/mol. The van der Waals surface area contributed by atoms with Crippen LogP contribution in [0, 0.1) is 0 Å². The maximum Gasteiger partial charge on any atom is 0.276 e. The van der Waals surface area contributed by atoms with E-state index < -0.39 is 5.91 Å². The first-order chi connectivity index (χ1) is 14.2. The van der Waals surface area contributed by atoms with E-state index in [-0.39, 0.29) is 11.6 Å². The summed E-state index contributed by atoms with van der Waals surface area (Å²) in [7, 11) is 1.50. The topological polar surface area (TPSA) is 99.9 Å². The third-order valence-corrected chi connectivity index (χ3v) is 4.73. The van der Waals surface area contributed by atoms with Gasteiger partial charge >= 0.3 is 0 Å². The number of nitrogens with one attached hydrogen (secondary N) is 1. The molecule has 0 saturated carbocycles. The second kappa shape index (κ2) is 8.44. The number of rotatable bonds is 6. The van der Waals surface area contributed by atoms with E-state index in [1.807, 2.05) is 13.1 Å². The summed E-state index contributed by atoms with van der Waals surface area (Å²) in [5.41, 5.74) is 2.17. The summed E-state index contributed by atoms with van der Waals surface area (Å²) in [6.45, 7) is 3.72. The van der Waals surface area contributed by atoms with Crippen LogP contribution in [0.2, 0.25) is 0 Å². The van der Waals surface area contributed by atoms with Crippen molar-refractivity contribution < 1.29 is 19.0 Å². The average Bonchev–Trinajstić information content (AvgIpc) is 3.19. The fourth-order valence-corrected chi connectivity index (χ4v) is 3.34. The first kappa shape index (κ1) is 19.1. The van der Waals surface area contributed by atoms with Crippen LogP contribution < -0.4 is 14.8 Å². The van der Waals surface area contributed by atoms with Crippen molar-refractivity contribution in [3.8, 4) is 11.8 Å². The van der Waals surface area contributed by atoms with Crippen LogP contribution in [0.3, 0.4) is 0 Å². The lowest BCUT2D eigenvalue weighted by Crippen LogP contribution is -2.16. The van der Waals surface area contributed by atoms with E-state index in [0.717, 1.165) is 25.1 Å². The van der Waals surface area contributed by atoms with Gasteiger partial charge in [0.05, 0.1) is 26.0 Å². The number of ether oxygens (including phenoxy) is 3. The third-order valence-electron chi connectivity index (χ3n) is 4.73. The van der Waals surface area contributed by atoms with E-state index in [0.29, 0.717) is 36.3 Å². The fraction of sp³-hybridized carbons (Fsp3) is 0.400. The molecular formula is C20H23N5O4. The highest BCUT2D eigenvalue weighted by Gasteiger charge is 2.22. The molecule has 3 aromatic rings. The molecule has 4 heterocycles. The van der Waals surface area contributed by atoms with E-state index in [1.165, 1.54) is 7.11 Å². The van der Waals surface area contributed by atoms with Gasteiger partial charge in [0.1, 0.15) is 11.4 Å². The number of hydrogen-bond donors (Lipinski definition) is 1. The Hall–Kier alpha value is -3.20. The first-order valence-corrected chi connectivity index (χ1v) is 9.60. The van der Waals surface area contributed by atoms with Gasteiger partial charge in [-0.2, -0.15) is 0 Å². The van der Waals surface area contributed by atoms with Gasteiger partial charge in [0, 0.05) is 31.1 Å². The summed E-state index contributed by atoms with van der Waals surface area (Å²) < 4.78 is 18.2. The number of hydrogen-bond acceptors (Lipinski definition) is 7. The Morgan fingerprint density at radius 3 is 3.00 bits per heavy atom. The lowest BCUT2D eigenvalue weighted by atomic mass is 9.99. The van der Waals surface area contributed by atoms with Crippen LogP contribution in [-0.4, -0.2) is 52.2 Å². The van der Waals surface area contributed by atoms with Crippen molar-refractivity contribution in [2.75, 3.05) is 32.2 Å². The molecule has 4 rings (SSSR count). The van der Waals surface area contributed by atoms with Crippen molar-refractivity contribution in [3.63, 3.8) is 0 Å². The van der Waals surface area contributed by atoms with Crippen molar-refractivity contribution in [1.82, 2.24) is 19.4 Å². The van der Waals surface area contributed by atoms with Gasteiger partial charge in [0.2, 0.25) is 11.5 Å². The predicted molar refractivity (Wildman–Crippen MR) is 106 cm³/mol. The average molecular weight is 397 g/mol. The SMILES string of the molecule is CCOc1nc(C(=O)Nc2cccnc2OC)cn2cc(C3CCCOC3)nc12. The molecule has 0 bridgehead atoms. The zero-order chi connectivity index (χ0) is 20.2. The Bertz CT molecular complexity index is 1010. The second-order valence-corrected chi connectivity index (χ2v) is 6.69. The molecule has 1 unspecified atom stereocenters. The van der Waals surface area contributed by atoms with E-state index in [4.69, 9.17) is 19.2 Å². The molecule has 3 aromatic heterocycles. The Balaban J connectivity index is 1.67. The number of pyridine rings is 1. The minimum Gasteiger partial charge on any atom is -0.480 e. The molecule has 1 aliphatic rings. The van der Waals surface area contributed by atoms with E-state index in [2.05, 4.69) is 15.3 Å². The van der Waals surface area contributed by atoms with Crippen molar-refractivity contribution >= 4 is 17.2 Å². The van der Waals surface area contributed by atoms with Crippen LogP contribution in [0.15, 0.2) is 30.7 Å². The minimum atomic E-state index is -0.393. The van der Waals surface area contributed by atoms with Crippen molar-refractivity contribution in [2.24, 2.45) is 0 Å². The second-order valence-electron chi connectivity index (χ2n) is 6.69. The van der Waals surface area contributed by atoms with E-state index in [1.54, 1.807) is 28.9 Å². The number of carbonyl (C=O) groups is 1. The molecule has 0 spiro atoms. The number of anilines is 1. The maximum absolute atomic E-state index is 12.8. The zero-order valence-electron chi connectivity index (χ0n) is 16.4. The molecule has 152 valence electrons. The van der Waals surface area contributed by atoms with Gasteiger partial charge in [-0.3, -0.25) is 9.20 Å². The molecule has 1 amide bonds. The largest absolute Gasteiger partial charge is 0.480 e. The van der Waals surface area contributed by atoms with Gasteiger partial charge in [-0.1, -0.05) is 0 Å². The summed E-state index contributed by atoms with van der Waals surface area (Å²) >= 11 is 0. The maximum atomic E-state index is 12.8. The van der Waals surface area contributed by atoms with Gasteiger partial charge in [0.15, 0.2) is 0 Å². The van der Waals surface area contributed by atoms with Crippen molar-refractivity contribution in [3.05, 3.63) is 42.1 Å². The van der Waals surface area contributed by atoms with Crippen LogP contribution >= 0.6 is 0 Å². The highest BCUT2D eigenvalue weighted by molar-refractivity contribution is 6.03. The molecule has 0 radical (unpaired) electrons. The van der Waals surface area contributed by atoms with Gasteiger partial charge < -0.3 is 19.5 Å². The number of imidazole rings is 1. The zero-order valence-corrected chi connectivity index (χ0v) is 16.4. The van der Waals surface area contributed by atoms with Gasteiger partial charge in [-0.15, -0.1) is 0 Å². The van der Waals surface area contributed by atoms with E-state index >= 15 is 0 Å². The lowest BCUT2D eigenvalue weighted by Gasteiger charge is -2.19. The molecule has 1 atom stereocenters. The highest BCUT2D eigenvalue weighted by Crippen LogP contribution is 2.28. The van der Waals surface area contributed by atoms with Crippen molar-refractivity contribution in [1.29, 1.82) is 0 Å². The van der Waals surface area contributed by atoms with Crippen LogP contribution in [0.4, 0.5) is 5.69 Å². The molecule has 29 heavy (non-hydrogen) atoms. The van der Waals surface area contributed by atoms with Gasteiger partial charge in [-0.25, -0.2) is 15.0 Å². The van der Waals surface area contributed by atoms with Crippen molar-refractivity contribution in [2.45, 2.75) is 25.7 Å². The summed E-state index contributed by atoms with van der Waals surface area (Å²) in [4.78, 5) is 26.0. The molecule has 9 nitrogen and oxygen atoms in total. The summed E-state index contributed by atoms with van der Waals surface area (Å²) in [5, 5.41) is 2.78.